The van der Waals surface area contributed by atoms with E-state index in [9.17, 15) is 9.59 Å². The van der Waals surface area contributed by atoms with E-state index < -0.39 is 12.1 Å². The summed E-state index contributed by atoms with van der Waals surface area (Å²) in [5.74, 6) is -0.0358. The second kappa shape index (κ2) is 7.67. The van der Waals surface area contributed by atoms with Crippen molar-refractivity contribution >= 4 is 12.0 Å². The molecule has 1 saturated heterocycles. The van der Waals surface area contributed by atoms with Crippen molar-refractivity contribution in [1.29, 1.82) is 0 Å². The van der Waals surface area contributed by atoms with Crippen LogP contribution >= 0.6 is 0 Å². The van der Waals surface area contributed by atoms with Gasteiger partial charge in [-0.3, -0.25) is 4.79 Å². The molecule has 0 aromatic heterocycles. The van der Waals surface area contributed by atoms with Gasteiger partial charge in [0.05, 0.1) is 0 Å². The standard InChI is InChI=1S/C16H22N2O3/c1-13(15(19)18-10-6-3-7-11-18)17-16(20)21-12-14-8-4-2-5-9-14/h2,4-5,8-9,13H,3,6-7,10-12H2,1H3,(H,17,20)/t13-/m0/s1. The maximum atomic E-state index is 12.2. The molecule has 1 aromatic rings. The minimum absolute atomic E-state index is 0.0358. The number of alkyl carbamates (subject to hydrolysis) is 1. The third-order valence-electron chi connectivity index (χ3n) is 3.59. The second-order valence-corrected chi connectivity index (χ2v) is 5.31. The van der Waals surface area contributed by atoms with Crippen LogP contribution in [0.4, 0.5) is 4.79 Å². The van der Waals surface area contributed by atoms with E-state index >= 15 is 0 Å². The number of nitrogens with zero attached hydrogens (tertiary/aromatic N) is 1. The lowest BCUT2D eigenvalue weighted by atomic mass is 10.1. The fourth-order valence-corrected chi connectivity index (χ4v) is 2.39. The van der Waals surface area contributed by atoms with Crippen LogP contribution in [0.25, 0.3) is 0 Å². The molecule has 0 radical (unpaired) electrons. The Morgan fingerprint density at radius 3 is 2.52 bits per heavy atom. The number of nitrogens with one attached hydrogen (secondary N) is 1. The normalized spacial score (nSPS) is 16.1. The summed E-state index contributed by atoms with van der Waals surface area (Å²) in [5, 5.41) is 2.59. The fourth-order valence-electron chi connectivity index (χ4n) is 2.39. The Hall–Kier alpha value is -2.04. The monoisotopic (exact) mass is 290 g/mol. The number of rotatable bonds is 4. The van der Waals surface area contributed by atoms with Crippen LogP contribution in [0, 0.1) is 0 Å². The molecule has 1 aliphatic rings. The van der Waals surface area contributed by atoms with Gasteiger partial charge in [-0.2, -0.15) is 0 Å². The topological polar surface area (TPSA) is 58.6 Å². The van der Waals surface area contributed by atoms with E-state index in [1.54, 1.807) is 6.92 Å². The fraction of sp³-hybridized carbons (Fsp3) is 0.500. The highest BCUT2D eigenvalue weighted by atomic mass is 16.5. The van der Waals surface area contributed by atoms with Crippen LogP contribution in [0.5, 0.6) is 0 Å². The summed E-state index contributed by atoms with van der Waals surface area (Å²) < 4.78 is 5.12. The Balaban J connectivity index is 1.74. The van der Waals surface area contributed by atoms with Gasteiger partial charge in [-0.25, -0.2) is 4.79 Å². The van der Waals surface area contributed by atoms with Crippen molar-refractivity contribution < 1.29 is 14.3 Å². The minimum Gasteiger partial charge on any atom is -0.445 e. The molecule has 0 unspecified atom stereocenters. The second-order valence-electron chi connectivity index (χ2n) is 5.31. The summed E-state index contributed by atoms with van der Waals surface area (Å²) >= 11 is 0. The smallest absolute Gasteiger partial charge is 0.408 e. The maximum Gasteiger partial charge on any atom is 0.408 e. The van der Waals surface area contributed by atoms with Gasteiger partial charge in [-0.1, -0.05) is 30.3 Å². The molecule has 2 rings (SSSR count). The molecule has 1 N–H and O–H groups in total. The van der Waals surface area contributed by atoms with Gasteiger partial charge < -0.3 is 15.0 Å². The van der Waals surface area contributed by atoms with Gasteiger partial charge in [-0.15, -0.1) is 0 Å². The molecule has 1 atom stereocenters. The number of carbonyl (C=O) groups excluding carboxylic acids is 2. The molecule has 5 heteroatoms. The lowest BCUT2D eigenvalue weighted by molar-refractivity contribution is -0.133. The number of hydrogen-bond donors (Lipinski definition) is 1. The summed E-state index contributed by atoms with van der Waals surface area (Å²) in [6.45, 7) is 3.46. The summed E-state index contributed by atoms with van der Waals surface area (Å²) in [7, 11) is 0. The molecule has 0 spiro atoms. The van der Waals surface area contributed by atoms with Crippen molar-refractivity contribution in [3.05, 3.63) is 35.9 Å². The molecule has 114 valence electrons. The van der Waals surface area contributed by atoms with E-state index in [4.69, 9.17) is 4.74 Å². The molecule has 1 fully saturated rings. The highest BCUT2D eigenvalue weighted by Crippen LogP contribution is 2.10. The molecule has 0 saturated carbocycles. The van der Waals surface area contributed by atoms with Gasteiger partial charge in [0, 0.05) is 13.1 Å². The number of amides is 2. The van der Waals surface area contributed by atoms with Crippen LogP contribution in [-0.2, 0) is 16.1 Å². The zero-order valence-corrected chi connectivity index (χ0v) is 12.4. The molecule has 1 aromatic carbocycles. The van der Waals surface area contributed by atoms with Gasteiger partial charge >= 0.3 is 6.09 Å². The summed E-state index contributed by atoms with van der Waals surface area (Å²) in [6, 6.07) is 8.90. The van der Waals surface area contributed by atoms with Crippen LogP contribution < -0.4 is 5.32 Å². The molecule has 21 heavy (non-hydrogen) atoms. The number of benzene rings is 1. The highest BCUT2D eigenvalue weighted by molar-refractivity contribution is 5.85. The van der Waals surface area contributed by atoms with Crippen LogP contribution in [0.3, 0.4) is 0 Å². The van der Waals surface area contributed by atoms with Crippen molar-refractivity contribution in [3.63, 3.8) is 0 Å². The Kier molecular flexibility index (Phi) is 5.60. The number of piperidine rings is 1. The van der Waals surface area contributed by atoms with Gasteiger partial charge in [0.15, 0.2) is 0 Å². The summed E-state index contributed by atoms with van der Waals surface area (Å²) in [4.78, 5) is 25.7. The van der Waals surface area contributed by atoms with Crippen LogP contribution in [0.15, 0.2) is 30.3 Å². The van der Waals surface area contributed by atoms with Crippen molar-refractivity contribution in [1.82, 2.24) is 10.2 Å². The molecule has 0 aliphatic carbocycles. The first-order valence-electron chi connectivity index (χ1n) is 7.43. The quantitative estimate of drug-likeness (QED) is 0.925. The number of likely N-dealkylation sites (tertiary alicyclic amines) is 1. The average Bonchev–Trinajstić information content (AvgIpc) is 2.54. The SMILES string of the molecule is C[C@H](NC(=O)OCc1ccccc1)C(=O)N1CCCCC1. The lowest BCUT2D eigenvalue weighted by Gasteiger charge is -2.29. The van der Waals surface area contributed by atoms with E-state index in [1.807, 2.05) is 35.2 Å². The van der Waals surface area contributed by atoms with E-state index in [-0.39, 0.29) is 12.5 Å². The Morgan fingerprint density at radius 2 is 1.86 bits per heavy atom. The molecule has 2 amide bonds. The Bertz CT molecular complexity index is 470. The van der Waals surface area contributed by atoms with Crippen LogP contribution in [0.1, 0.15) is 31.7 Å². The van der Waals surface area contributed by atoms with E-state index in [0.29, 0.717) is 0 Å². The summed E-state index contributed by atoms with van der Waals surface area (Å²) in [5.41, 5.74) is 0.919. The van der Waals surface area contributed by atoms with E-state index in [2.05, 4.69) is 5.32 Å². The zero-order chi connectivity index (χ0) is 15.1. The molecule has 0 bridgehead atoms. The lowest BCUT2D eigenvalue weighted by Crippen LogP contribution is -2.48. The van der Waals surface area contributed by atoms with Gasteiger partial charge in [0.2, 0.25) is 5.91 Å². The van der Waals surface area contributed by atoms with E-state index in [1.165, 1.54) is 6.42 Å². The van der Waals surface area contributed by atoms with Crippen molar-refractivity contribution in [3.8, 4) is 0 Å². The Morgan fingerprint density at radius 1 is 1.19 bits per heavy atom. The summed E-state index contributed by atoms with van der Waals surface area (Å²) in [6.07, 6.45) is 2.69. The molecular weight excluding hydrogens is 268 g/mol. The Labute approximate surface area is 125 Å². The maximum absolute atomic E-state index is 12.2. The predicted molar refractivity (Wildman–Crippen MR) is 79.7 cm³/mol. The van der Waals surface area contributed by atoms with Crippen molar-refractivity contribution in [2.45, 2.75) is 38.8 Å². The molecule has 1 aliphatic heterocycles. The van der Waals surface area contributed by atoms with Crippen LogP contribution in [0.2, 0.25) is 0 Å². The van der Waals surface area contributed by atoms with E-state index in [0.717, 1.165) is 31.5 Å². The van der Waals surface area contributed by atoms with Crippen molar-refractivity contribution in [2.24, 2.45) is 0 Å². The highest BCUT2D eigenvalue weighted by Gasteiger charge is 2.23. The first-order valence-corrected chi connectivity index (χ1v) is 7.43. The van der Waals surface area contributed by atoms with Crippen LogP contribution in [-0.4, -0.2) is 36.0 Å². The minimum atomic E-state index is -0.559. The first-order chi connectivity index (χ1) is 10.2. The van der Waals surface area contributed by atoms with Crippen molar-refractivity contribution in [2.75, 3.05) is 13.1 Å². The molecular formula is C16H22N2O3. The third kappa shape index (κ3) is 4.77. The largest absolute Gasteiger partial charge is 0.445 e. The third-order valence-corrected chi connectivity index (χ3v) is 3.59. The number of carbonyl (C=O) groups is 2. The average molecular weight is 290 g/mol. The predicted octanol–water partition coefficient (Wildman–Crippen LogP) is 2.31. The van der Waals surface area contributed by atoms with Gasteiger partial charge in [0.25, 0.3) is 0 Å². The molecule has 1 heterocycles. The van der Waals surface area contributed by atoms with Gasteiger partial charge in [-0.05, 0) is 31.7 Å². The van der Waals surface area contributed by atoms with Gasteiger partial charge in [0.1, 0.15) is 12.6 Å². The zero-order valence-electron chi connectivity index (χ0n) is 12.4. The molecule has 5 nitrogen and oxygen atoms in total. The number of hydrogen-bond acceptors (Lipinski definition) is 3. The first kappa shape index (κ1) is 15.4. The number of ether oxygens (including phenoxy) is 1.